The molecule has 0 radical (unpaired) electrons. The van der Waals surface area contributed by atoms with Gasteiger partial charge in [-0.2, -0.15) is 0 Å². The second kappa shape index (κ2) is 14.1. The third-order valence-corrected chi connectivity index (χ3v) is 11.6. The van der Waals surface area contributed by atoms with E-state index >= 15 is 0 Å². The summed E-state index contributed by atoms with van der Waals surface area (Å²) in [5.41, 5.74) is 0.752. The molecule has 1 aromatic rings. The summed E-state index contributed by atoms with van der Waals surface area (Å²) in [6, 6.07) is 2.17. The smallest absolute Gasteiger partial charge is 0.305 e. The lowest BCUT2D eigenvalue weighted by Gasteiger charge is -2.58. The van der Waals surface area contributed by atoms with Crippen LogP contribution >= 0.6 is 0 Å². The fraction of sp³-hybridized carbons (Fsp3) is 0.711. The highest BCUT2D eigenvalue weighted by atomic mass is 16.5. The van der Waals surface area contributed by atoms with Crippen LogP contribution in [0, 0.1) is 22.7 Å². The summed E-state index contributed by atoms with van der Waals surface area (Å²) in [7, 11) is 0. The first kappa shape index (κ1) is 31.4. The Bertz CT molecular complexity index is 1110. The quantitative estimate of drug-likeness (QED) is 0.121. The van der Waals surface area contributed by atoms with E-state index in [4.69, 9.17) is 9.15 Å². The zero-order valence-corrected chi connectivity index (χ0v) is 26.5. The first-order chi connectivity index (χ1) is 20.4. The molecule has 42 heavy (non-hydrogen) atoms. The highest BCUT2D eigenvalue weighted by molar-refractivity contribution is 5.69. The van der Waals surface area contributed by atoms with Crippen LogP contribution in [-0.4, -0.2) is 23.3 Å². The Labute approximate surface area is 255 Å². The number of fused-ring (bicyclic) bond motifs is 5. The molecule has 4 aliphatic rings. The molecule has 0 aliphatic heterocycles. The van der Waals surface area contributed by atoms with E-state index < -0.39 is 5.60 Å². The predicted octanol–water partition coefficient (Wildman–Crippen LogP) is 10.1. The van der Waals surface area contributed by atoms with E-state index in [1.165, 1.54) is 50.5 Å². The maximum Gasteiger partial charge on any atom is 0.305 e. The lowest BCUT2D eigenvalue weighted by Crippen LogP contribution is -2.49. The highest BCUT2D eigenvalue weighted by Crippen LogP contribution is 2.71. The van der Waals surface area contributed by atoms with Crippen LogP contribution in [0.5, 0.6) is 0 Å². The molecule has 5 rings (SSSR count). The van der Waals surface area contributed by atoms with Crippen LogP contribution in [-0.2, 0) is 9.53 Å². The van der Waals surface area contributed by atoms with Gasteiger partial charge in [0, 0.05) is 12.0 Å². The van der Waals surface area contributed by atoms with Crippen molar-refractivity contribution in [2.75, 3.05) is 6.61 Å². The molecule has 0 saturated heterocycles. The van der Waals surface area contributed by atoms with Crippen LogP contribution in [0.25, 0.3) is 6.08 Å². The fourth-order valence-corrected chi connectivity index (χ4v) is 9.40. The summed E-state index contributed by atoms with van der Waals surface area (Å²) in [5.74, 6) is 2.19. The Morgan fingerprint density at radius 2 is 1.79 bits per heavy atom. The van der Waals surface area contributed by atoms with E-state index in [1.54, 1.807) is 0 Å². The number of ether oxygens (including phenoxy) is 1. The summed E-state index contributed by atoms with van der Waals surface area (Å²) in [5, 5.41) is 11.8. The van der Waals surface area contributed by atoms with Gasteiger partial charge in [0.25, 0.3) is 0 Å². The Balaban J connectivity index is 0.976. The number of carbonyl (C=O) groups excluding carboxylic acids is 1. The molecule has 0 aromatic carbocycles. The van der Waals surface area contributed by atoms with Gasteiger partial charge in [-0.15, -0.1) is 0 Å². The molecule has 2 bridgehead atoms. The number of esters is 1. The van der Waals surface area contributed by atoms with E-state index in [1.807, 2.05) is 6.26 Å². The first-order valence-electron chi connectivity index (χ1n) is 17.3. The normalized spacial score (nSPS) is 33.2. The molecule has 4 heteroatoms. The lowest BCUT2D eigenvalue weighted by atomic mass is 9.46. The third kappa shape index (κ3) is 6.85. The Morgan fingerprint density at radius 3 is 2.60 bits per heavy atom. The molecular formula is C38H56O4. The van der Waals surface area contributed by atoms with Crippen molar-refractivity contribution in [1.82, 2.24) is 0 Å². The lowest BCUT2D eigenvalue weighted by molar-refractivity contribution is -0.154. The van der Waals surface area contributed by atoms with Crippen LogP contribution in [0.2, 0.25) is 0 Å². The predicted molar refractivity (Wildman–Crippen MR) is 171 cm³/mol. The van der Waals surface area contributed by atoms with Crippen LogP contribution in [0.1, 0.15) is 147 Å². The molecule has 6 atom stereocenters. The summed E-state index contributed by atoms with van der Waals surface area (Å²) in [6.07, 6.45) is 35.3. The van der Waals surface area contributed by atoms with Crippen molar-refractivity contribution < 1.29 is 19.1 Å². The van der Waals surface area contributed by atoms with E-state index in [2.05, 4.69) is 56.4 Å². The summed E-state index contributed by atoms with van der Waals surface area (Å²) in [6.45, 7) is 4.86. The Morgan fingerprint density at radius 1 is 1.02 bits per heavy atom. The largest absolute Gasteiger partial charge is 0.465 e. The van der Waals surface area contributed by atoms with Gasteiger partial charge in [-0.25, -0.2) is 0 Å². The minimum Gasteiger partial charge on any atom is -0.465 e. The van der Waals surface area contributed by atoms with Crippen molar-refractivity contribution in [3.63, 3.8) is 0 Å². The molecule has 0 amide bonds. The number of furan rings is 1. The van der Waals surface area contributed by atoms with Crippen LogP contribution in [0.3, 0.4) is 0 Å². The number of hydrogen-bond donors (Lipinski definition) is 1. The minimum atomic E-state index is -0.870. The topological polar surface area (TPSA) is 59.7 Å². The molecule has 232 valence electrons. The monoisotopic (exact) mass is 576 g/mol. The number of aliphatic hydroxyl groups is 1. The van der Waals surface area contributed by atoms with E-state index in [0.717, 1.165) is 70.0 Å². The molecule has 1 spiro atoms. The van der Waals surface area contributed by atoms with E-state index in [-0.39, 0.29) is 29.3 Å². The second-order valence-electron chi connectivity index (χ2n) is 14.3. The van der Waals surface area contributed by atoms with Crippen molar-refractivity contribution in [2.45, 2.75) is 141 Å². The van der Waals surface area contributed by atoms with Gasteiger partial charge in [-0.3, -0.25) is 4.79 Å². The summed E-state index contributed by atoms with van der Waals surface area (Å²) < 4.78 is 11.5. The third-order valence-electron chi connectivity index (χ3n) is 11.6. The van der Waals surface area contributed by atoms with Gasteiger partial charge in [0.15, 0.2) is 0 Å². The van der Waals surface area contributed by atoms with Crippen molar-refractivity contribution in [2.24, 2.45) is 22.7 Å². The molecule has 1 aromatic heterocycles. The molecular weight excluding hydrogens is 520 g/mol. The Kier molecular flexibility index (Phi) is 10.6. The second-order valence-corrected chi connectivity index (χ2v) is 14.3. The van der Waals surface area contributed by atoms with Crippen molar-refractivity contribution in [3.8, 4) is 0 Å². The van der Waals surface area contributed by atoms with E-state index in [0.29, 0.717) is 18.3 Å². The number of carbonyl (C=O) groups is 1. The number of allylic oxidation sites excluding steroid dienone is 5. The highest BCUT2D eigenvalue weighted by Gasteiger charge is 2.65. The maximum absolute atomic E-state index is 12.6. The van der Waals surface area contributed by atoms with Crippen molar-refractivity contribution in [3.05, 3.63) is 54.0 Å². The van der Waals surface area contributed by atoms with Gasteiger partial charge >= 0.3 is 5.97 Å². The van der Waals surface area contributed by atoms with Gasteiger partial charge < -0.3 is 14.3 Å². The fourth-order valence-electron chi connectivity index (χ4n) is 9.40. The minimum absolute atomic E-state index is 0.100. The summed E-state index contributed by atoms with van der Waals surface area (Å²) in [4.78, 5) is 12.6. The molecule has 3 fully saturated rings. The maximum atomic E-state index is 12.6. The van der Waals surface area contributed by atoms with Gasteiger partial charge in [-0.05, 0) is 118 Å². The van der Waals surface area contributed by atoms with Gasteiger partial charge in [0.1, 0.15) is 18.0 Å². The molecule has 4 aliphatic carbocycles. The molecule has 4 nitrogen and oxygen atoms in total. The van der Waals surface area contributed by atoms with Gasteiger partial charge in [0.2, 0.25) is 0 Å². The van der Waals surface area contributed by atoms with Crippen LogP contribution in [0.4, 0.5) is 0 Å². The Hall–Kier alpha value is -2.07. The molecule has 6 unspecified atom stereocenters. The summed E-state index contributed by atoms with van der Waals surface area (Å²) >= 11 is 0. The first-order valence-corrected chi connectivity index (χ1v) is 17.3. The number of hydrogen-bond acceptors (Lipinski definition) is 4. The standard InChI is InChI=1S/C38H56O4/c1-3-4-5-6-7-8-9-10-11-12-13-14-15-16-17-18-35(39)42-29-38(40)28-37-25-21-32-31-23-26-41-33(31)22-24-36(32,2)34(37)20-19-30(38)27-37/h7-8,10-11,22-24,26,30,32,34,40H,3-6,9,12-21,25,27-29H2,1-2H3/b8-7+,11-10+. The van der Waals surface area contributed by atoms with Gasteiger partial charge in [0.05, 0.1) is 6.26 Å². The zero-order valence-electron chi connectivity index (χ0n) is 26.5. The molecule has 3 saturated carbocycles. The van der Waals surface area contributed by atoms with Crippen LogP contribution < -0.4 is 0 Å². The number of rotatable bonds is 16. The average Bonchev–Trinajstić information content (AvgIpc) is 3.54. The van der Waals surface area contributed by atoms with Crippen LogP contribution in [0.15, 0.2) is 47.1 Å². The molecule has 1 heterocycles. The number of unbranched alkanes of at least 4 members (excludes halogenated alkanes) is 8. The van der Waals surface area contributed by atoms with Crippen molar-refractivity contribution >= 4 is 12.0 Å². The molecule has 1 N–H and O–H groups in total. The average molecular weight is 577 g/mol. The SMILES string of the molecule is CCCCC/C=C/C/C=C/CCCCCCCC(=O)OCC1(O)CC23CCC4c5ccoc5C=CC4(C)C2CCC1C3. The van der Waals surface area contributed by atoms with Crippen molar-refractivity contribution in [1.29, 1.82) is 0 Å². The van der Waals surface area contributed by atoms with E-state index in [9.17, 15) is 9.90 Å². The van der Waals surface area contributed by atoms with Gasteiger partial charge in [-0.1, -0.05) is 76.3 Å². The zero-order chi connectivity index (χ0) is 29.5.